The third kappa shape index (κ3) is 5.07. The molecule has 0 atom stereocenters. The van der Waals surface area contributed by atoms with Crippen molar-refractivity contribution in [2.45, 2.75) is 6.92 Å². The summed E-state index contributed by atoms with van der Waals surface area (Å²) in [4.78, 5) is 23.8. The molecular formula is C18H19N3O4. The van der Waals surface area contributed by atoms with Gasteiger partial charge >= 0.3 is 11.8 Å². The number of carbonyl (C=O) groups excluding carboxylic acids is 2. The molecule has 2 N–H and O–H groups in total. The van der Waals surface area contributed by atoms with E-state index in [0.29, 0.717) is 17.2 Å². The van der Waals surface area contributed by atoms with Crippen molar-refractivity contribution in [2.75, 3.05) is 19.5 Å². The van der Waals surface area contributed by atoms with Crippen LogP contribution in [0.4, 0.5) is 5.69 Å². The number of hydrogen-bond acceptors (Lipinski definition) is 5. The monoisotopic (exact) mass is 341 g/mol. The highest BCUT2D eigenvalue weighted by atomic mass is 16.5. The van der Waals surface area contributed by atoms with Gasteiger partial charge in [-0.2, -0.15) is 5.10 Å². The van der Waals surface area contributed by atoms with E-state index in [4.69, 9.17) is 9.47 Å². The minimum Gasteiger partial charge on any atom is -0.497 e. The van der Waals surface area contributed by atoms with E-state index in [9.17, 15) is 9.59 Å². The molecule has 0 spiro atoms. The summed E-state index contributed by atoms with van der Waals surface area (Å²) in [5, 5.41) is 6.23. The lowest BCUT2D eigenvalue weighted by Gasteiger charge is -2.11. The van der Waals surface area contributed by atoms with Crippen LogP contribution in [-0.4, -0.2) is 32.2 Å². The van der Waals surface area contributed by atoms with E-state index < -0.39 is 11.8 Å². The van der Waals surface area contributed by atoms with Crippen LogP contribution in [0.3, 0.4) is 0 Å². The molecule has 0 heterocycles. The number of hydrazone groups is 1. The molecular weight excluding hydrogens is 322 g/mol. The van der Waals surface area contributed by atoms with E-state index in [-0.39, 0.29) is 0 Å². The van der Waals surface area contributed by atoms with Crippen LogP contribution in [0.25, 0.3) is 0 Å². The van der Waals surface area contributed by atoms with Crippen molar-refractivity contribution in [3.05, 3.63) is 53.6 Å². The summed E-state index contributed by atoms with van der Waals surface area (Å²) >= 11 is 0. The van der Waals surface area contributed by atoms with Crippen LogP contribution < -0.4 is 20.2 Å². The van der Waals surface area contributed by atoms with Crippen LogP contribution in [0.15, 0.2) is 47.6 Å². The molecule has 7 heteroatoms. The van der Waals surface area contributed by atoms with Crippen LogP contribution in [0, 0.1) is 6.92 Å². The molecule has 2 amide bonds. The molecule has 0 bridgehead atoms. The zero-order valence-electron chi connectivity index (χ0n) is 14.2. The molecule has 0 unspecified atom stereocenters. The van der Waals surface area contributed by atoms with Crippen LogP contribution in [0.5, 0.6) is 11.5 Å². The Labute approximate surface area is 145 Å². The molecule has 0 aromatic heterocycles. The van der Waals surface area contributed by atoms with Gasteiger partial charge in [0.1, 0.15) is 11.5 Å². The molecule has 0 saturated heterocycles. The van der Waals surface area contributed by atoms with Crippen molar-refractivity contribution in [1.82, 2.24) is 5.43 Å². The third-order valence-corrected chi connectivity index (χ3v) is 3.32. The molecule has 130 valence electrons. The van der Waals surface area contributed by atoms with Crippen molar-refractivity contribution in [2.24, 2.45) is 5.10 Å². The highest BCUT2D eigenvalue weighted by molar-refractivity contribution is 6.39. The number of rotatable bonds is 5. The van der Waals surface area contributed by atoms with Gasteiger partial charge in [-0.15, -0.1) is 0 Å². The lowest BCUT2D eigenvalue weighted by atomic mass is 10.2. The summed E-state index contributed by atoms with van der Waals surface area (Å²) in [6.07, 6.45) is 1.46. The van der Waals surface area contributed by atoms with Crippen LogP contribution in [-0.2, 0) is 9.59 Å². The maximum atomic E-state index is 12.0. The summed E-state index contributed by atoms with van der Waals surface area (Å²) in [5.74, 6) is -0.833. The lowest BCUT2D eigenvalue weighted by molar-refractivity contribution is -0.136. The van der Waals surface area contributed by atoms with Gasteiger partial charge in [0.2, 0.25) is 0 Å². The van der Waals surface area contributed by atoms with E-state index in [1.54, 1.807) is 18.2 Å². The van der Waals surface area contributed by atoms with Crippen molar-refractivity contribution >= 4 is 23.7 Å². The number of nitrogens with one attached hydrogen (secondary N) is 2. The van der Waals surface area contributed by atoms with Gasteiger partial charge in [0, 0.05) is 6.07 Å². The van der Waals surface area contributed by atoms with Gasteiger partial charge in [-0.05, 0) is 24.6 Å². The number of aryl methyl sites for hydroxylation is 1. The maximum absolute atomic E-state index is 12.0. The molecule has 0 fully saturated rings. The zero-order chi connectivity index (χ0) is 18.2. The fourth-order valence-electron chi connectivity index (χ4n) is 1.96. The van der Waals surface area contributed by atoms with Crippen LogP contribution in [0.2, 0.25) is 0 Å². The summed E-state index contributed by atoms with van der Waals surface area (Å²) < 4.78 is 10.2. The Bertz CT molecular complexity index is 785. The minimum absolute atomic E-state index is 0.324. The first-order chi connectivity index (χ1) is 12.0. The largest absolute Gasteiger partial charge is 0.497 e. The number of carbonyl (C=O) groups is 2. The average Bonchev–Trinajstić information content (AvgIpc) is 2.63. The molecule has 0 aliphatic rings. The summed E-state index contributed by atoms with van der Waals surface area (Å²) in [5.41, 5.74) is 4.43. The molecule has 2 aromatic carbocycles. The number of amides is 2. The fraction of sp³-hybridized carbons (Fsp3) is 0.167. The summed E-state index contributed by atoms with van der Waals surface area (Å²) in [6, 6.07) is 12.4. The molecule has 25 heavy (non-hydrogen) atoms. The van der Waals surface area contributed by atoms with Crippen LogP contribution >= 0.6 is 0 Å². The van der Waals surface area contributed by atoms with E-state index >= 15 is 0 Å². The third-order valence-electron chi connectivity index (χ3n) is 3.32. The molecule has 0 aliphatic carbocycles. The number of hydrogen-bond donors (Lipinski definition) is 2. The average molecular weight is 341 g/mol. The minimum atomic E-state index is -0.895. The predicted octanol–water partition coefficient (Wildman–Crippen LogP) is 2.10. The topological polar surface area (TPSA) is 89.0 Å². The Morgan fingerprint density at radius 2 is 1.72 bits per heavy atom. The number of ether oxygens (including phenoxy) is 2. The fourth-order valence-corrected chi connectivity index (χ4v) is 1.96. The second kappa shape index (κ2) is 8.49. The second-order valence-electron chi connectivity index (χ2n) is 5.13. The standard InChI is InChI=1S/C18H19N3O4/c1-12-4-6-13(7-5-12)11-19-21-18(23)17(22)20-15-10-14(24-2)8-9-16(15)25-3/h4-11H,1-3H3,(H,20,22)(H,21,23)/b19-11-. The van der Waals surface area contributed by atoms with Gasteiger partial charge in [0.05, 0.1) is 26.1 Å². The Hall–Kier alpha value is -3.35. The van der Waals surface area contributed by atoms with Gasteiger partial charge in [-0.25, -0.2) is 5.43 Å². The first-order valence-corrected chi connectivity index (χ1v) is 7.46. The van der Waals surface area contributed by atoms with Gasteiger partial charge in [0.25, 0.3) is 0 Å². The number of anilines is 1. The first kappa shape index (κ1) is 18.0. The van der Waals surface area contributed by atoms with Crippen LogP contribution in [0.1, 0.15) is 11.1 Å². The molecule has 0 radical (unpaired) electrons. The summed E-state index contributed by atoms with van der Waals surface area (Å²) in [7, 11) is 2.96. The van der Waals surface area contributed by atoms with Crippen molar-refractivity contribution < 1.29 is 19.1 Å². The highest BCUT2D eigenvalue weighted by Crippen LogP contribution is 2.28. The lowest BCUT2D eigenvalue weighted by Crippen LogP contribution is -2.32. The maximum Gasteiger partial charge on any atom is 0.329 e. The molecule has 0 saturated carbocycles. The Balaban J connectivity index is 1.98. The SMILES string of the molecule is COc1ccc(OC)c(NC(=O)C(=O)N/N=C\c2ccc(C)cc2)c1. The number of methoxy groups -OCH3 is 2. The Morgan fingerprint density at radius 3 is 2.36 bits per heavy atom. The molecule has 0 aliphatic heterocycles. The van der Waals surface area contributed by atoms with Crippen molar-refractivity contribution in [3.8, 4) is 11.5 Å². The first-order valence-electron chi connectivity index (χ1n) is 7.46. The number of nitrogens with zero attached hydrogens (tertiary/aromatic N) is 1. The van der Waals surface area contributed by atoms with Gasteiger partial charge in [-0.1, -0.05) is 29.8 Å². The Kier molecular flexibility index (Phi) is 6.11. The van der Waals surface area contributed by atoms with E-state index in [2.05, 4.69) is 15.8 Å². The Morgan fingerprint density at radius 1 is 1.00 bits per heavy atom. The number of benzene rings is 2. The van der Waals surface area contributed by atoms with Crippen molar-refractivity contribution in [1.29, 1.82) is 0 Å². The molecule has 2 rings (SSSR count). The van der Waals surface area contributed by atoms with Gasteiger partial charge in [0.15, 0.2) is 0 Å². The van der Waals surface area contributed by atoms with E-state index in [0.717, 1.165) is 11.1 Å². The normalized spacial score (nSPS) is 10.4. The van der Waals surface area contributed by atoms with E-state index in [1.807, 2.05) is 31.2 Å². The van der Waals surface area contributed by atoms with Gasteiger partial charge < -0.3 is 14.8 Å². The quantitative estimate of drug-likeness (QED) is 0.495. The second-order valence-corrected chi connectivity index (χ2v) is 5.13. The smallest absolute Gasteiger partial charge is 0.329 e. The van der Waals surface area contributed by atoms with Gasteiger partial charge in [-0.3, -0.25) is 9.59 Å². The molecule has 7 nitrogen and oxygen atoms in total. The van der Waals surface area contributed by atoms with Crippen molar-refractivity contribution in [3.63, 3.8) is 0 Å². The van der Waals surface area contributed by atoms with E-state index in [1.165, 1.54) is 20.4 Å². The highest BCUT2D eigenvalue weighted by Gasteiger charge is 2.15. The summed E-state index contributed by atoms with van der Waals surface area (Å²) in [6.45, 7) is 1.97. The molecule has 2 aromatic rings. The predicted molar refractivity (Wildman–Crippen MR) is 95.1 cm³/mol. The zero-order valence-corrected chi connectivity index (χ0v) is 14.2.